The average Bonchev–Trinajstić information content (AvgIpc) is 1.62. The maximum Gasteiger partial charge on any atom is 0.254 e. The number of para-hydroxylation sites is 1. The molecule has 10 unspecified atom stereocenters. The van der Waals surface area contributed by atoms with E-state index in [0.717, 1.165) is 215 Å². The number of amides is 4. The van der Waals surface area contributed by atoms with E-state index in [4.69, 9.17) is 24.7 Å². The molecule has 18 heterocycles. The van der Waals surface area contributed by atoms with Crippen LogP contribution < -0.4 is 4.74 Å². The number of hydrogen-bond acceptors (Lipinski definition) is 13. The molecule has 25 heteroatoms. The lowest BCUT2D eigenvalue weighted by Crippen LogP contribution is -2.38. The van der Waals surface area contributed by atoms with Gasteiger partial charge in [-0.05, 0) is 208 Å². The molecule has 22 rings (SSSR count). The Morgan fingerprint density at radius 1 is 0.429 bits per heavy atom. The van der Waals surface area contributed by atoms with Crippen molar-refractivity contribution in [3.05, 3.63) is 285 Å². The molecule has 6 saturated heterocycles. The first kappa shape index (κ1) is 81.8. The van der Waals surface area contributed by atoms with Crippen molar-refractivity contribution in [3.63, 3.8) is 0 Å². The van der Waals surface area contributed by atoms with Crippen LogP contribution in [0.5, 0.6) is 5.75 Å². The predicted octanol–water partition coefficient (Wildman–Crippen LogP) is 17.2. The summed E-state index contributed by atoms with van der Waals surface area (Å²) >= 11 is 0. The molecule has 4 amide bonds. The van der Waals surface area contributed by atoms with Crippen LogP contribution in [0.15, 0.2) is 262 Å². The highest BCUT2D eigenvalue weighted by Gasteiger charge is 2.51. The van der Waals surface area contributed by atoms with Gasteiger partial charge in [0, 0.05) is 166 Å². The molecule has 16 aromatic rings. The number of aryl methyl sites for hydroxylation is 2. The van der Waals surface area contributed by atoms with E-state index in [1.165, 1.54) is 5.56 Å². The fourth-order valence-corrected chi connectivity index (χ4v) is 20.8. The van der Waals surface area contributed by atoms with Gasteiger partial charge in [0.2, 0.25) is 17.7 Å². The van der Waals surface area contributed by atoms with E-state index < -0.39 is 0 Å². The molecule has 6 fully saturated rings. The molecule has 0 spiro atoms. The standard InChI is InChI=1S/C26H31N5O2.C26H27N5O.C25H25N5O.C24H23N5O/c1-19(12-14-30(2)26(32)11-8-20-6-4-5-7-25(20)33-3)18-31-15-13-23-24(31)10-9-22(29-23)21-16-27-28-17-21;32-26(11-6-18-4-2-1-3-5-18)31-21-7-9-24(31)19(14-21)17-30-13-12-23-25(30)10-8-22(29-23)20-15-27-28-16-20;31-25(12-17-4-2-1-3-5-17)30-20-6-8-23(30)18(13-20)16-29-11-10-22-24(29)9-7-21(28-22)19-14-26-27-15-19;30-24(16-4-2-1-3-5-16)29-19-6-8-22(29)17(12-19)15-28-11-10-21-23(28)9-7-20(27-21)18-13-25-26-14-18/h4-7,9-10,13,15-17,19H,8,11-12,14,18H2,1-3H3,(H,27,28);1-5,8,10,12-13,15-16,19,21,24H,6-7,9,11,14,17H2,(H,27,28);1-5,7,9-11,14-15,18,20,23H,6,8,12-13,16H2,(H,26,27);1-5,7,9-11,13-14,17,19,22H,6,8,12,15H2,(H,25,26). The van der Waals surface area contributed by atoms with Gasteiger partial charge in [-0.1, -0.05) is 104 Å². The molecule has 0 aliphatic carbocycles. The minimum atomic E-state index is 0.162. The normalized spacial score (nSPS) is 19.7. The highest BCUT2D eigenvalue weighted by molar-refractivity contribution is 5.95. The number of fused-ring (bicyclic) bond motifs is 10. The lowest BCUT2D eigenvalue weighted by molar-refractivity contribution is -0.133. The zero-order valence-corrected chi connectivity index (χ0v) is 71.4. The van der Waals surface area contributed by atoms with Crippen LogP contribution in [0.4, 0.5) is 0 Å². The summed E-state index contributed by atoms with van der Waals surface area (Å²) < 4.78 is 14.6. The van der Waals surface area contributed by atoms with E-state index in [-0.39, 0.29) is 17.7 Å². The lowest BCUT2D eigenvalue weighted by atomic mass is 9.89. The third-order valence-electron chi connectivity index (χ3n) is 27.2. The number of H-pyrrole nitrogens is 4. The lowest BCUT2D eigenvalue weighted by Gasteiger charge is -2.25. The maximum atomic E-state index is 13.1. The van der Waals surface area contributed by atoms with Crippen LogP contribution in [0.1, 0.15) is 111 Å². The van der Waals surface area contributed by atoms with Crippen molar-refractivity contribution in [1.82, 2.24) is 98.6 Å². The van der Waals surface area contributed by atoms with E-state index >= 15 is 0 Å². The third-order valence-corrected chi connectivity index (χ3v) is 27.2. The number of carbonyl (C=O) groups is 4. The molecule has 6 aliphatic heterocycles. The molecule has 0 radical (unpaired) electrons. The second kappa shape index (κ2) is 36.9. The summed E-state index contributed by atoms with van der Waals surface area (Å²) in [6, 6.07) is 65.3. The first-order chi connectivity index (χ1) is 61.8. The van der Waals surface area contributed by atoms with Crippen LogP contribution in [0.25, 0.3) is 89.2 Å². The zero-order valence-electron chi connectivity index (χ0n) is 71.4. The first-order valence-electron chi connectivity index (χ1n) is 44.6. The molecule has 10 atom stereocenters. The molecular formula is C101H106N20O5. The van der Waals surface area contributed by atoms with Gasteiger partial charge in [0.1, 0.15) is 5.75 Å². The first-order valence-corrected chi connectivity index (χ1v) is 44.6. The van der Waals surface area contributed by atoms with Gasteiger partial charge < -0.3 is 42.6 Å². The number of aromatic nitrogens is 16. The van der Waals surface area contributed by atoms with Crippen molar-refractivity contribution < 1.29 is 23.9 Å². The summed E-state index contributed by atoms with van der Waals surface area (Å²) in [6.07, 6.45) is 37.2. The van der Waals surface area contributed by atoms with Crippen LogP contribution in [-0.2, 0) is 59.8 Å². The highest BCUT2D eigenvalue weighted by Crippen LogP contribution is 2.47. The Morgan fingerprint density at radius 2 is 0.825 bits per heavy atom. The van der Waals surface area contributed by atoms with Crippen molar-refractivity contribution in [1.29, 1.82) is 0 Å². The zero-order chi connectivity index (χ0) is 85.6. The quantitative estimate of drug-likeness (QED) is 0.0415. The van der Waals surface area contributed by atoms with Gasteiger partial charge in [-0.3, -0.25) is 39.6 Å². The Hall–Kier alpha value is -13.8. The number of carbonyl (C=O) groups excluding carboxylic acids is 4. The molecule has 25 nitrogen and oxygen atoms in total. The molecule has 12 aromatic heterocycles. The number of ether oxygens (including phenoxy) is 1. The molecule has 6 bridgehead atoms. The predicted molar refractivity (Wildman–Crippen MR) is 488 cm³/mol. The summed E-state index contributed by atoms with van der Waals surface area (Å²) in [5.41, 5.74) is 20.4. The molecule has 4 N–H and O–H groups in total. The smallest absolute Gasteiger partial charge is 0.254 e. The summed E-state index contributed by atoms with van der Waals surface area (Å²) in [6.45, 7) is 6.67. The highest BCUT2D eigenvalue weighted by atomic mass is 16.5. The fraction of sp³-hybridized carbons (Fsp3) is 0.327. The van der Waals surface area contributed by atoms with Crippen LogP contribution in [0.3, 0.4) is 0 Å². The van der Waals surface area contributed by atoms with Gasteiger partial charge in [-0.15, -0.1) is 0 Å². The number of methoxy groups -OCH3 is 1. The topological polar surface area (TPSA) is 276 Å². The Kier molecular flexibility index (Phi) is 24.0. The SMILES string of the molecule is COc1ccccc1CCC(=O)N(C)CCC(C)Cn1ccc2nc(-c3cn[nH]c3)ccc21.O=C(CCc1ccccc1)N1C2CCC1C(Cn1ccc3nc(-c4cn[nH]c4)ccc31)C2.O=C(Cc1ccccc1)N1C2CCC1C(Cn1ccc3nc(-c4cn[nH]c4)ccc31)C2.O=C(c1ccccc1)N1C2CCC1C(Cn1ccc3nc(-c4cn[nH]c4)ccc31)C2. The van der Waals surface area contributed by atoms with E-state index in [2.05, 4.69) is 184 Å². The minimum absolute atomic E-state index is 0.162. The van der Waals surface area contributed by atoms with Crippen molar-refractivity contribution in [2.75, 3.05) is 20.7 Å². The van der Waals surface area contributed by atoms with Gasteiger partial charge in [0.15, 0.2) is 0 Å². The van der Waals surface area contributed by atoms with Crippen LogP contribution >= 0.6 is 0 Å². The maximum absolute atomic E-state index is 13.1. The second-order valence-electron chi connectivity index (χ2n) is 35.0. The van der Waals surface area contributed by atoms with Crippen LogP contribution in [0.2, 0.25) is 0 Å². The molecule has 640 valence electrons. The Morgan fingerprint density at radius 3 is 1.27 bits per heavy atom. The van der Waals surface area contributed by atoms with Gasteiger partial charge in [-0.2, -0.15) is 20.4 Å². The van der Waals surface area contributed by atoms with Gasteiger partial charge in [0.05, 0.1) is 105 Å². The number of pyridine rings is 4. The summed E-state index contributed by atoms with van der Waals surface area (Å²) in [4.78, 5) is 79.5. The number of rotatable bonds is 25. The Balaban J connectivity index is 0.000000110. The number of benzene rings is 4. The van der Waals surface area contributed by atoms with E-state index in [1.807, 2.05) is 146 Å². The summed E-state index contributed by atoms with van der Waals surface area (Å²) in [5, 5.41) is 27.4. The van der Waals surface area contributed by atoms with Crippen molar-refractivity contribution >= 4 is 67.8 Å². The van der Waals surface area contributed by atoms with Gasteiger partial charge in [0.25, 0.3) is 5.91 Å². The van der Waals surface area contributed by atoms with E-state index in [1.54, 1.807) is 31.9 Å². The summed E-state index contributed by atoms with van der Waals surface area (Å²) in [7, 11) is 3.56. The number of aromatic amines is 4. The van der Waals surface area contributed by atoms with Gasteiger partial charge >= 0.3 is 0 Å². The molecule has 6 aliphatic rings. The summed E-state index contributed by atoms with van der Waals surface area (Å²) in [5.74, 6) is 3.73. The number of nitrogens with zero attached hydrogens (tertiary/aromatic N) is 16. The van der Waals surface area contributed by atoms with E-state index in [0.29, 0.717) is 91.5 Å². The second-order valence-corrected chi connectivity index (χ2v) is 35.0. The average molecular weight is 1680 g/mol. The van der Waals surface area contributed by atoms with Crippen LogP contribution in [-0.4, -0.2) is 179 Å². The molecule has 0 saturated carbocycles. The Labute approximate surface area is 731 Å². The molecular weight excluding hydrogens is 1570 g/mol. The Bertz CT molecular complexity index is 6380. The number of nitrogens with one attached hydrogen (secondary N) is 4. The van der Waals surface area contributed by atoms with Crippen molar-refractivity contribution in [2.24, 2.45) is 23.7 Å². The molecule has 4 aromatic carbocycles. The number of hydrogen-bond donors (Lipinski definition) is 4. The van der Waals surface area contributed by atoms with E-state index in [9.17, 15) is 19.2 Å². The third kappa shape index (κ3) is 17.6. The minimum Gasteiger partial charge on any atom is -0.496 e. The van der Waals surface area contributed by atoms with Gasteiger partial charge in [-0.25, -0.2) is 19.9 Å². The fourth-order valence-electron chi connectivity index (χ4n) is 20.8. The largest absolute Gasteiger partial charge is 0.496 e. The monoisotopic (exact) mass is 1680 g/mol. The van der Waals surface area contributed by atoms with Crippen molar-refractivity contribution in [3.8, 4) is 50.8 Å². The van der Waals surface area contributed by atoms with Crippen molar-refractivity contribution in [2.45, 2.75) is 166 Å². The molecule has 126 heavy (non-hydrogen) atoms. The van der Waals surface area contributed by atoms with Crippen LogP contribution in [0, 0.1) is 23.7 Å².